The molecule has 3 aromatic carbocycles. The first-order valence-electron chi connectivity index (χ1n) is 10.0. The van der Waals surface area contributed by atoms with Gasteiger partial charge in [0.05, 0.1) is 7.11 Å². The average molecular weight is 371 g/mol. The molecular weight excluding hydrogens is 346 g/mol. The Kier molecular flexibility index (Phi) is 4.53. The van der Waals surface area contributed by atoms with E-state index in [2.05, 4.69) is 77.7 Å². The zero-order valence-corrected chi connectivity index (χ0v) is 16.1. The van der Waals surface area contributed by atoms with Gasteiger partial charge in [0.25, 0.3) is 0 Å². The van der Waals surface area contributed by atoms with Gasteiger partial charge in [-0.05, 0) is 35.7 Å². The van der Waals surface area contributed by atoms with E-state index in [1.54, 1.807) is 7.11 Å². The number of hydrogen-bond donors (Lipinski definition) is 0. The Morgan fingerprint density at radius 1 is 0.964 bits per heavy atom. The van der Waals surface area contributed by atoms with Crippen LogP contribution in [0, 0.1) is 5.92 Å². The maximum absolute atomic E-state index is 6.56. The van der Waals surface area contributed by atoms with E-state index in [0.29, 0.717) is 11.8 Å². The zero-order chi connectivity index (χ0) is 18.9. The van der Waals surface area contributed by atoms with Crippen LogP contribution in [-0.2, 0) is 6.54 Å². The summed E-state index contributed by atoms with van der Waals surface area (Å²) in [6, 6.07) is 27.8. The van der Waals surface area contributed by atoms with E-state index in [-0.39, 0.29) is 6.23 Å². The summed E-state index contributed by atoms with van der Waals surface area (Å²) in [6.07, 6.45) is 1.24. The largest absolute Gasteiger partial charge is 0.497 e. The minimum Gasteiger partial charge on any atom is -0.497 e. The highest BCUT2D eigenvalue weighted by Gasteiger charge is 2.45. The molecule has 5 rings (SSSR count). The number of nitrogens with zero attached hydrogens (tertiary/aromatic N) is 1. The van der Waals surface area contributed by atoms with Crippen LogP contribution in [0.3, 0.4) is 0 Å². The molecule has 0 spiro atoms. The van der Waals surface area contributed by atoms with Gasteiger partial charge in [0.15, 0.2) is 6.23 Å². The molecule has 2 aliphatic heterocycles. The molecule has 0 saturated carbocycles. The van der Waals surface area contributed by atoms with Gasteiger partial charge >= 0.3 is 0 Å². The summed E-state index contributed by atoms with van der Waals surface area (Å²) in [5.41, 5.74) is 3.94. The van der Waals surface area contributed by atoms with Crippen molar-refractivity contribution in [2.45, 2.75) is 25.1 Å². The number of hydrogen-bond acceptors (Lipinski definition) is 3. The number of benzene rings is 3. The number of ether oxygens (including phenoxy) is 2. The van der Waals surface area contributed by atoms with E-state index >= 15 is 0 Å². The van der Waals surface area contributed by atoms with Crippen LogP contribution < -0.4 is 9.47 Å². The second-order valence-corrected chi connectivity index (χ2v) is 7.71. The highest BCUT2D eigenvalue weighted by molar-refractivity contribution is 5.49. The molecule has 0 N–H and O–H groups in total. The molecule has 28 heavy (non-hydrogen) atoms. The van der Waals surface area contributed by atoms with Crippen molar-refractivity contribution < 1.29 is 9.47 Å². The van der Waals surface area contributed by atoms with Gasteiger partial charge in [-0.15, -0.1) is 0 Å². The smallest absolute Gasteiger partial charge is 0.156 e. The van der Waals surface area contributed by atoms with Gasteiger partial charge in [0.1, 0.15) is 11.5 Å². The van der Waals surface area contributed by atoms with Crippen LogP contribution in [0.2, 0.25) is 0 Å². The SMILES string of the molecule is COc1ccc2c(c1)C(c1ccccc1)C1CCN(Cc3ccccc3)C1O2. The molecule has 3 heteroatoms. The van der Waals surface area contributed by atoms with E-state index in [1.807, 2.05) is 6.07 Å². The summed E-state index contributed by atoms with van der Waals surface area (Å²) in [6.45, 7) is 1.98. The van der Waals surface area contributed by atoms with E-state index in [4.69, 9.17) is 9.47 Å². The van der Waals surface area contributed by atoms with E-state index in [9.17, 15) is 0 Å². The molecule has 1 fully saturated rings. The predicted molar refractivity (Wildman–Crippen MR) is 111 cm³/mol. The van der Waals surface area contributed by atoms with Crippen LogP contribution in [0.4, 0.5) is 0 Å². The predicted octanol–water partition coefficient (Wildman–Crippen LogP) is 5.07. The van der Waals surface area contributed by atoms with Crippen LogP contribution >= 0.6 is 0 Å². The molecule has 2 heterocycles. The first-order valence-corrected chi connectivity index (χ1v) is 10.0. The quantitative estimate of drug-likeness (QED) is 0.639. The molecule has 3 atom stereocenters. The summed E-state index contributed by atoms with van der Waals surface area (Å²) >= 11 is 0. The molecule has 2 aliphatic rings. The van der Waals surface area contributed by atoms with Crippen LogP contribution in [0.5, 0.6) is 11.5 Å². The third-order valence-corrected chi connectivity index (χ3v) is 6.09. The molecule has 3 aromatic rings. The fourth-order valence-corrected chi connectivity index (χ4v) is 4.79. The van der Waals surface area contributed by atoms with Gasteiger partial charge in [0.2, 0.25) is 0 Å². The van der Waals surface area contributed by atoms with Crippen LogP contribution in [0.25, 0.3) is 0 Å². The summed E-state index contributed by atoms with van der Waals surface area (Å²) in [7, 11) is 1.73. The van der Waals surface area contributed by atoms with E-state index in [1.165, 1.54) is 16.7 Å². The summed E-state index contributed by atoms with van der Waals surface area (Å²) < 4.78 is 12.1. The third kappa shape index (κ3) is 3.06. The van der Waals surface area contributed by atoms with Crippen molar-refractivity contribution in [1.82, 2.24) is 4.90 Å². The van der Waals surface area contributed by atoms with Gasteiger partial charge in [-0.2, -0.15) is 0 Å². The Hall–Kier alpha value is -2.78. The zero-order valence-electron chi connectivity index (χ0n) is 16.1. The van der Waals surface area contributed by atoms with Gasteiger partial charge in [-0.3, -0.25) is 4.90 Å². The lowest BCUT2D eigenvalue weighted by Gasteiger charge is -2.39. The second kappa shape index (κ2) is 7.33. The van der Waals surface area contributed by atoms with Crippen LogP contribution in [-0.4, -0.2) is 24.8 Å². The highest BCUT2D eigenvalue weighted by Crippen LogP contribution is 2.49. The fourth-order valence-electron chi connectivity index (χ4n) is 4.79. The minimum absolute atomic E-state index is 0.103. The monoisotopic (exact) mass is 371 g/mol. The molecule has 1 saturated heterocycles. The molecule has 0 aromatic heterocycles. The number of fused-ring (bicyclic) bond motifs is 2. The molecule has 3 unspecified atom stereocenters. The topological polar surface area (TPSA) is 21.7 Å². The molecular formula is C25H25NO2. The molecule has 0 bridgehead atoms. The van der Waals surface area contributed by atoms with Crippen molar-refractivity contribution >= 4 is 0 Å². The molecule has 142 valence electrons. The number of rotatable bonds is 4. The normalized spacial score (nSPS) is 23.5. The first-order chi connectivity index (χ1) is 13.8. The lowest BCUT2D eigenvalue weighted by molar-refractivity contribution is 0.00770. The van der Waals surface area contributed by atoms with Crippen molar-refractivity contribution in [2.24, 2.45) is 5.92 Å². The standard InChI is InChI=1S/C25H25NO2/c1-27-20-12-13-23-22(16-20)24(19-10-6-3-7-11-19)21-14-15-26(25(21)28-23)17-18-8-4-2-5-9-18/h2-13,16,21,24-25H,14-15,17H2,1H3. The molecule has 3 nitrogen and oxygen atoms in total. The lowest BCUT2D eigenvalue weighted by Crippen LogP contribution is -2.42. The Balaban J connectivity index is 1.53. The van der Waals surface area contributed by atoms with Crippen molar-refractivity contribution in [2.75, 3.05) is 13.7 Å². The maximum atomic E-state index is 6.56. The average Bonchev–Trinajstić information content (AvgIpc) is 3.15. The van der Waals surface area contributed by atoms with Crippen molar-refractivity contribution in [1.29, 1.82) is 0 Å². The van der Waals surface area contributed by atoms with Crippen molar-refractivity contribution in [3.05, 3.63) is 95.6 Å². The minimum atomic E-state index is 0.103. The second-order valence-electron chi connectivity index (χ2n) is 7.71. The summed E-state index contributed by atoms with van der Waals surface area (Å²) in [4.78, 5) is 2.49. The maximum Gasteiger partial charge on any atom is 0.156 e. The van der Waals surface area contributed by atoms with Crippen molar-refractivity contribution in [3.8, 4) is 11.5 Å². The van der Waals surface area contributed by atoms with E-state index in [0.717, 1.165) is 31.0 Å². The van der Waals surface area contributed by atoms with Gasteiger partial charge in [0, 0.05) is 30.5 Å². The molecule has 0 radical (unpaired) electrons. The van der Waals surface area contributed by atoms with Gasteiger partial charge < -0.3 is 9.47 Å². The first kappa shape index (κ1) is 17.3. The summed E-state index contributed by atoms with van der Waals surface area (Å²) in [5, 5.41) is 0. The Morgan fingerprint density at radius 3 is 2.46 bits per heavy atom. The van der Waals surface area contributed by atoms with Gasteiger partial charge in [-0.25, -0.2) is 0 Å². The Labute approximate surface area is 166 Å². The lowest BCUT2D eigenvalue weighted by atomic mass is 9.77. The van der Waals surface area contributed by atoms with Crippen LogP contribution in [0.15, 0.2) is 78.9 Å². The van der Waals surface area contributed by atoms with Crippen LogP contribution in [0.1, 0.15) is 29.0 Å². The van der Waals surface area contributed by atoms with E-state index < -0.39 is 0 Å². The Bertz CT molecular complexity index is 941. The molecule has 0 amide bonds. The third-order valence-electron chi connectivity index (χ3n) is 6.09. The van der Waals surface area contributed by atoms with Crippen molar-refractivity contribution in [3.63, 3.8) is 0 Å². The Morgan fingerprint density at radius 2 is 1.71 bits per heavy atom. The summed E-state index contributed by atoms with van der Waals surface area (Å²) in [5.74, 6) is 2.63. The van der Waals surface area contributed by atoms with Gasteiger partial charge in [-0.1, -0.05) is 60.7 Å². The number of methoxy groups -OCH3 is 1. The number of likely N-dealkylation sites (tertiary alicyclic amines) is 1. The fraction of sp³-hybridized carbons (Fsp3) is 0.280. The molecule has 0 aliphatic carbocycles. The highest BCUT2D eigenvalue weighted by atomic mass is 16.5.